The number of carbonyl (C=O) groups is 1. The zero-order chi connectivity index (χ0) is 13.4. The van der Waals surface area contributed by atoms with Crippen molar-refractivity contribution < 1.29 is 14.3 Å². The molecule has 0 aliphatic rings. The van der Waals surface area contributed by atoms with Crippen LogP contribution in [0.3, 0.4) is 0 Å². The predicted octanol–water partition coefficient (Wildman–Crippen LogP) is 0.970. The van der Waals surface area contributed by atoms with E-state index in [1.807, 2.05) is 13.0 Å². The average molecular weight is 252 g/mol. The normalized spacial score (nSPS) is 10.3. The summed E-state index contributed by atoms with van der Waals surface area (Å²) in [7, 11) is 1.62. The molecular weight excluding hydrogens is 232 g/mol. The molecule has 100 valence electrons. The van der Waals surface area contributed by atoms with Gasteiger partial charge in [-0.15, -0.1) is 0 Å². The molecule has 0 heterocycles. The SMILES string of the molecule is COCCOCCNC(=O)c1cc(N)ccc1C. The first-order chi connectivity index (χ1) is 8.65. The van der Waals surface area contributed by atoms with E-state index in [9.17, 15) is 4.79 Å². The van der Waals surface area contributed by atoms with E-state index in [2.05, 4.69) is 5.32 Å². The topological polar surface area (TPSA) is 73.6 Å². The van der Waals surface area contributed by atoms with Crippen LogP contribution in [0.1, 0.15) is 15.9 Å². The maximum atomic E-state index is 11.9. The number of methoxy groups -OCH3 is 1. The van der Waals surface area contributed by atoms with Crippen LogP contribution < -0.4 is 11.1 Å². The summed E-state index contributed by atoms with van der Waals surface area (Å²) in [5, 5.41) is 2.78. The minimum atomic E-state index is -0.129. The van der Waals surface area contributed by atoms with Crippen molar-refractivity contribution in [3.63, 3.8) is 0 Å². The van der Waals surface area contributed by atoms with Crippen LogP contribution in [0, 0.1) is 6.92 Å². The maximum absolute atomic E-state index is 11.9. The van der Waals surface area contributed by atoms with Crippen LogP contribution in [0.2, 0.25) is 0 Å². The number of hydrogen-bond acceptors (Lipinski definition) is 4. The molecule has 0 radical (unpaired) electrons. The average Bonchev–Trinajstić information content (AvgIpc) is 2.36. The van der Waals surface area contributed by atoms with E-state index in [0.717, 1.165) is 5.56 Å². The van der Waals surface area contributed by atoms with E-state index in [1.165, 1.54) is 0 Å². The molecule has 0 spiro atoms. The summed E-state index contributed by atoms with van der Waals surface area (Å²) in [6, 6.07) is 5.29. The number of anilines is 1. The number of benzene rings is 1. The van der Waals surface area contributed by atoms with Gasteiger partial charge in [0.15, 0.2) is 0 Å². The van der Waals surface area contributed by atoms with Crippen molar-refractivity contribution in [1.82, 2.24) is 5.32 Å². The van der Waals surface area contributed by atoms with Crippen LogP contribution in [0.5, 0.6) is 0 Å². The molecular formula is C13H20N2O3. The number of nitrogens with two attached hydrogens (primary N) is 1. The molecule has 0 fully saturated rings. The van der Waals surface area contributed by atoms with Gasteiger partial charge in [-0.25, -0.2) is 0 Å². The smallest absolute Gasteiger partial charge is 0.251 e. The summed E-state index contributed by atoms with van der Waals surface area (Å²) >= 11 is 0. The highest BCUT2D eigenvalue weighted by atomic mass is 16.5. The molecule has 1 rings (SSSR count). The Morgan fingerprint density at radius 1 is 1.33 bits per heavy atom. The summed E-state index contributed by atoms with van der Waals surface area (Å²) in [5.41, 5.74) is 7.75. The molecule has 0 bridgehead atoms. The third kappa shape index (κ3) is 4.73. The summed E-state index contributed by atoms with van der Waals surface area (Å²) < 4.78 is 10.1. The Kier molecular flexibility index (Phi) is 6.18. The van der Waals surface area contributed by atoms with Gasteiger partial charge in [-0.05, 0) is 24.6 Å². The lowest BCUT2D eigenvalue weighted by Gasteiger charge is -2.08. The van der Waals surface area contributed by atoms with E-state index in [4.69, 9.17) is 15.2 Å². The molecule has 18 heavy (non-hydrogen) atoms. The van der Waals surface area contributed by atoms with Crippen LogP contribution in [-0.4, -0.2) is 39.4 Å². The zero-order valence-corrected chi connectivity index (χ0v) is 10.9. The fourth-order valence-corrected chi connectivity index (χ4v) is 1.46. The van der Waals surface area contributed by atoms with Gasteiger partial charge in [0, 0.05) is 24.9 Å². The lowest BCUT2D eigenvalue weighted by molar-refractivity contribution is 0.0692. The maximum Gasteiger partial charge on any atom is 0.251 e. The lowest BCUT2D eigenvalue weighted by Crippen LogP contribution is -2.28. The van der Waals surface area contributed by atoms with Gasteiger partial charge < -0.3 is 20.5 Å². The van der Waals surface area contributed by atoms with Gasteiger partial charge in [-0.2, -0.15) is 0 Å². The number of carbonyl (C=O) groups excluding carboxylic acids is 1. The van der Waals surface area contributed by atoms with Crippen LogP contribution in [-0.2, 0) is 9.47 Å². The van der Waals surface area contributed by atoms with Crippen LogP contribution in [0.15, 0.2) is 18.2 Å². The molecule has 0 aliphatic carbocycles. The monoisotopic (exact) mass is 252 g/mol. The minimum absolute atomic E-state index is 0.129. The zero-order valence-electron chi connectivity index (χ0n) is 10.9. The van der Waals surface area contributed by atoms with Crippen LogP contribution >= 0.6 is 0 Å². The highest BCUT2D eigenvalue weighted by molar-refractivity contribution is 5.96. The van der Waals surface area contributed by atoms with E-state index >= 15 is 0 Å². The standard InChI is InChI=1S/C13H20N2O3/c1-10-3-4-11(14)9-12(10)13(16)15-5-6-18-8-7-17-2/h3-4,9H,5-8,14H2,1-2H3,(H,15,16). The van der Waals surface area contributed by atoms with Crippen molar-refractivity contribution in [2.24, 2.45) is 0 Å². The number of aryl methyl sites for hydroxylation is 1. The van der Waals surface area contributed by atoms with Crippen LogP contribution in [0.25, 0.3) is 0 Å². The second-order valence-corrected chi connectivity index (χ2v) is 3.94. The number of nitrogens with one attached hydrogen (secondary N) is 1. The molecule has 1 aromatic carbocycles. The molecule has 0 unspecified atom stereocenters. The molecule has 0 aromatic heterocycles. The van der Waals surface area contributed by atoms with Crippen molar-refractivity contribution >= 4 is 11.6 Å². The number of amides is 1. The highest BCUT2D eigenvalue weighted by Gasteiger charge is 2.08. The number of nitrogen functional groups attached to an aromatic ring is 1. The molecule has 5 nitrogen and oxygen atoms in total. The Morgan fingerprint density at radius 3 is 2.83 bits per heavy atom. The van der Waals surface area contributed by atoms with Gasteiger partial charge >= 0.3 is 0 Å². The van der Waals surface area contributed by atoms with Gasteiger partial charge in [0.1, 0.15) is 0 Å². The van der Waals surface area contributed by atoms with Crippen molar-refractivity contribution in [2.75, 3.05) is 39.2 Å². The minimum Gasteiger partial charge on any atom is -0.399 e. The number of ether oxygens (including phenoxy) is 2. The Labute approximate surface area is 107 Å². The Morgan fingerprint density at radius 2 is 2.11 bits per heavy atom. The first-order valence-electron chi connectivity index (χ1n) is 5.86. The number of rotatable bonds is 7. The first kappa shape index (κ1) is 14.5. The molecule has 5 heteroatoms. The fraction of sp³-hybridized carbons (Fsp3) is 0.462. The molecule has 0 saturated carbocycles. The van der Waals surface area contributed by atoms with E-state index in [-0.39, 0.29) is 5.91 Å². The summed E-state index contributed by atoms with van der Waals surface area (Å²) in [6.45, 7) is 3.91. The van der Waals surface area contributed by atoms with Crippen molar-refractivity contribution in [3.8, 4) is 0 Å². The molecule has 0 saturated heterocycles. The van der Waals surface area contributed by atoms with Gasteiger partial charge in [0.05, 0.1) is 19.8 Å². The van der Waals surface area contributed by atoms with Crippen molar-refractivity contribution in [1.29, 1.82) is 0 Å². The first-order valence-corrected chi connectivity index (χ1v) is 5.86. The predicted molar refractivity (Wildman–Crippen MR) is 70.6 cm³/mol. The molecule has 0 aliphatic heterocycles. The van der Waals surface area contributed by atoms with Gasteiger partial charge in [0.2, 0.25) is 0 Å². The highest BCUT2D eigenvalue weighted by Crippen LogP contribution is 2.12. The molecule has 3 N–H and O–H groups in total. The van der Waals surface area contributed by atoms with Gasteiger partial charge in [-0.3, -0.25) is 4.79 Å². The lowest BCUT2D eigenvalue weighted by atomic mass is 10.1. The largest absolute Gasteiger partial charge is 0.399 e. The van der Waals surface area contributed by atoms with E-state index in [1.54, 1.807) is 19.2 Å². The van der Waals surface area contributed by atoms with Crippen molar-refractivity contribution in [2.45, 2.75) is 6.92 Å². The Balaban J connectivity index is 2.34. The summed E-state index contributed by atoms with van der Waals surface area (Å²) in [4.78, 5) is 11.9. The second-order valence-electron chi connectivity index (χ2n) is 3.94. The third-order valence-corrected chi connectivity index (χ3v) is 2.47. The Hall–Kier alpha value is -1.59. The van der Waals surface area contributed by atoms with Crippen molar-refractivity contribution in [3.05, 3.63) is 29.3 Å². The summed E-state index contributed by atoms with van der Waals surface area (Å²) in [6.07, 6.45) is 0. The quantitative estimate of drug-likeness (QED) is 0.560. The Bertz CT molecular complexity index is 394. The van der Waals surface area contributed by atoms with Gasteiger partial charge in [-0.1, -0.05) is 6.07 Å². The van der Waals surface area contributed by atoms with Gasteiger partial charge in [0.25, 0.3) is 5.91 Å². The number of hydrogen-bond donors (Lipinski definition) is 2. The third-order valence-electron chi connectivity index (χ3n) is 2.47. The second kappa shape index (κ2) is 7.68. The fourth-order valence-electron chi connectivity index (χ4n) is 1.46. The van der Waals surface area contributed by atoms with Crippen LogP contribution in [0.4, 0.5) is 5.69 Å². The van der Waals surface area contributed by atoms with E-state index < -0.39 is 0 Å². The van der Waals surface area contributed by atoms with E-state index in [0.29, 0.717) is 37.6 Å². The molecule has 1 aromatic rings. The molecule has 1 amide bonds. The molecule has 0 atom stereocenters. The summed E-state index contributed by atoms with van der Waals surface area (Å²) in [5.74, 6) is -0.129.